The molecule has 2 heterocycles. The third-order valence-electron chi connectivity index (χ3n) is 3.78. The number of benzene rings is 1. The number of H-pyrrole nitrogens is 1. The Bertz CT molecular complexity index is 616. The second-order valence-electron chi connectivity index (χ2n) is 5.27. The summed E-state index contributed by atoms with van der Waals surface area (Å²) in [6.45, 7) is 5.37. The van der Waals surface area contributed by atoms with E-state index in [1.807, 2.05) is 30.3 Å². The molecule has 6 heteroatoms. The lowest BCUT2D eigenvalue weighted by Crippen LogP contribution is -2.48. The van der Waals surface area contributed by atoms with Gasteiger partial charge in [-0.05, 0) is 18.2 Å². The normalized spacial score (nSPS) is 15.7. The van der Waals surface area contributed by atoms with E-state index in [4.69, 9.17) is 4.74 Å². The van der Waals surface area contributed by atoms with Crippen LogP contribution in [0.3, 0.4) is 0 Å². The van der Waals surface area contributed by atoms with E-state index in [1.165, 1.54) is 6.07 Å². The molecule has 116 valence electrons. The van der Waals surface area contributed by atoms with Crippen LogP contribution in [0.2, 0.25) is 0 Å². The van der Waals surface area contributed by atoms with Crippen LogP contribution < -0.4 is 15.2 Å². The van der Waals surface area contributed by atoms with Crippen molar-refractivity contribution < 1.29 is 4.74 Å². The number of nitrogens with one attached hydrogen (secondary N) is 1. The van der Waals surface area contributed by atoms with Gasteiger partial charge in [0.1, 0.15) is 18.2 Å². The zero-order valence-corrected chi connectivity index (χ0v) is 12.4. The first-order chi connectivity index (χ1) is 10.8. The molecule has 22 heavy (non-hydrogen) atoms. The number of para-hydroxylation sites is 1. The molecule has 1 aliphatic rings. The quantitative estimate of drug-likeness (QED) is 0.891. The van der Waals surface area contributed by atoms with Crippen LogP contribution in [0.4, 0.5) is 5.82 Å². The average molecular weight is 300 g/mol. The number of nitrogens with zero attached hydrogens (tertiary/aromatic N) is 3. The Morgan fingerprint density at radius 1 is 1.05 bits per heavy atom. The zero-order chi connectivity index (χ0) is 15.2. The van der Waals surface area contributed by atoms with Gasteiger partial charge >= 0.3 is 0 Å². The Morgan fingerprint density at radius 2 is 1.82 bits per heavy atom. The summed E-state index contributed by atoms with van der Waals surface area (Å²) >= 11 is 0. The number of hydrogen-bond donors (Lipinski definition) is 1. The van der Waals surface area contributed by atoms with Gasteiger partial charge in [0.05, 0.1) is 0 Å². The Kier molecular flexibility index (Phi) is 4.70. The summed E-state index contributed by atoms with van der Waals surface area (Å²) in [5.74, 6) is 1.75. The Labute approximate surface area is 129 Å². The summed E-state index contributed by atoms with van der Waals surface area (Å²) in [6, 6.07) is 13.2. The fourth-order valence-electron chi connectivity index (χ4n) is 2.52. The van der Waals surface area contributed by atoms with Crippen LogP contribution in [-0.2, 0) is 0 Å². The third-order valence-corrected chi connectivity index (χ3v) is 3.78. The summed E-state index contributed by atoms with van der Waals surface area (Å²) in [4.78, 5) is 15.6. The minimum absolute atomic E-state index is 0.166. The fraction of sp³-hybridized carbons (Fsp3) is 0.375. The summed E-state index contributed by atoms with van der Waals surface area (Å²) in [5, 5.41) is 6.55. The minimum Gasteiger partial charge on any atom is -0.492 e. The van der Waals surface area contributed by atoms with E-state index < -0.39 is 0 Å². The van der Waals surface area contributed by atoms with E-state index in [1.54, 1.807) is 6.07 Å². The number of piperazine rings is 1. The number of anilines is 1. The maximum atomic E-state index is 11.0. The number of hydrogen-bond acceptors (Lipinski definition) is 5. The summed E-state index contributed by atoms with van der Waals surface area (Å²) in [5.41, 5.74) is -0.166. The van der Waals surface area contributed by atoms with Crippen LogP contribution in [-0.4, -0.2) is 54.4 Å². The smallest absolute Gasteiger partial charge is 0.264 e. The van der Waals surface area contributed by atoms with Crippen molar-refractivity contribution in [2.24, 2.45) is 0 Å². The molecule has 0 aliphatic carbocycles. The molecule has 1 aromatic carbocycles. The molecule has 0 saturated carbocycles. The first-order valence-electron chi connectivity index (χ1n) is 7.52. The molecule has 1 fully saturated rings. The molecule has 0 unspecified atom stereocenters. The Balaban J connectivity index is 1.42. The monoisotopic (exact) mass is 300 g/mol. The largest absolute Gasteiger partial charge is 0.492 e. The van der Waals surface area contributed by atoms with E-state index in [9.17, 15) is 4.79 Å². The molecule has 0 atom stereocenters. The maximum Gasteiger partial charge on any atom is 0.264 e. The minimum atomic E-state index is -0.166. The Morgan fingerprint density at radius 3 is 2.50 bits per heavy atom. The van der Waals surface area contributed by atoms with Crippen molar-refractivity contribution in [2.75, 3.05) is 44.2 Å². The van der Waals surface area contributed by atoms with Gasteiger partial charge in [0.15, 0.2) is 0 Å². The summed E-state index contributed by atoms with van der Waals surface area (Å²) in [6.07, 6.45) is 0. The molecular weight excluding hydrogens is 280 g/mol. The summed E-state index contributed by atoms with van der Waals surface area (Å²) < 4.78 is 5.73. The van der Waals surface area contributed by atoms with E-state index >= 15 is 0 Å². The molecule has 2 aromatic rings. The van der Waals surface area contributed by atoms with Gasteiger partial charge in [0.25, 0.3) is 5.56 Å². The molecule has 0 amide bonds. The maximum absolute atomic E-state index is 11.0. The fourth-order valence-corrected chi connectivity index (χ4v) is 2.52. The zero-order valence-electron chi connectivity index (χ0n) is 12.4. The van der Waals surface area contributed by atoms with Gasteiger partial charge in [-0.1, -0.05) is 18.2 Å². The van der Waals surface area contributed by atoms with Gasteiger partial charge in [0.2, 0.25) is 0 Å². The molecule has 0 bridgehead atoms. The standard InChI is InChI=1S/C16H20N4O2/c21-16-7-6-15(17-18-16)20-10-8-19(9-11-20)12-13-22-14-4-2-1-3-5-14/h1-7H,8-13H2,(H,18,21). The topological polar surface area (TPSA) is 61.5 Å². The highest BCUT2D eigenvalue weighted by Crippen LogP contribution is 2.11. The van der Waals surface area contributed by atoms with Crippen molar-refractivity contribution in [1.29, 1.82) is 0 Å². The second kappa shape index (κ2) is 7.09. The van der Waals surface area contributed by atoms with Gasteiger partial charge in [-0.2, -0.15) is 5.10 Å². The SMILES string of the molecule is O=c1ccc(N2CCN(CCOc3ccccc3)CC2)n[nH]1. The lowest BCUT2D eigenvalue weighted by atomic mass is 10.3. The molecular formula is C16H20N4O2. The molecule has 1 aromatic heterocycles. The highest BCUT2D eigenvalue weighted by molar-refractivity contribution is 5.36. The van der Waals surface area contributed by atoms with Crippen molar-refractivity contribution in [2.45, 2.75) is 0 Å². The number of aromatic nitrogens is 2. The van der Waals surface area contributed by atoms with Crippen LogP contribution in [0.5, 0.6) is 5.75 Å². The molecule has 1 saturated heterocycles. The van der Waals surface area contributed by atoms with E-state index in [0.717, 1.165) is 44.3 Å². The van der Waals surface area contributed by atoms with Gasteiger partial charge in [-0.25, -0.2) is 5.10 Å². The Hall–Kier alpha value is -2.34. The molecule has 0 radical (unpaired) electrons. The summed E-state index contributed by atoms with van der Waals surface area (Å²) in [7, 11) is 0. The first-order valence-corrected chi connectivity index (χ1v) is 7.52. The number of rotatable bonds is 5. The van der Waals surface area contributed by atoms with Crippen LogP contribution in [0.15, 0.2) is 47.3 Å². The van der Waals surface area contributed by atoms with E-state index in [2.05, 4.69) is 20.0 Å². The van der Waals surface area contributed by atoms with Crippen molar-refractivity contribution >= 4 is 5.82 Å². The van der Waals surface area contributed by atoms with E-state index in [-0.39, 0.29) is 5.56 Å². The first kappa shape index (κ1) is 14.6. The highest BCUT2D eigenvalue weighted by atomic mass is 16.5. The molecule has 0 spiro atoms. The van der Waals surface area contributed by atoms with Crippen molar-refractivity contribution in [1.82, 2.24) is 15.1 Å². The van der Waals surface area contributed by atoms with Crippen molar-refractivity contribution in [3.05, 3.63) is 52.8 Å². The van der Waals surface area contributed by atoms with Crippen LogP contribution in [0.25, 0.3) is 0 Å². The van der Waals surface area contributed by atoms with Crippen LogP contribution >= 0.6 is 0 Å². The predicted octanol–water partition coefficient (Wildman–Crippen LogP) is 0.971. The van der Waals surface area contributed by atoms with Gasteiger partial charge in [-0.15, -0.1) is 0 Å². The number of ether oxygens (including phenoxy) is 1. The lowest BCUT2D eigenvalue weighted by Gasteiger charge is -2.35. The molecule has 3 rings (SSSR count). The molecule has 6 nitrogen and oxygen atoms in total. The van der Waals surface area contributed by atoms with Gasteiger partial charge < -0.3 is 9.64 Å². The average Bonchev–Trinajstić information content (AvgIpc) is 2.57. The van der Waals surface area contributed by atoms with Crippen molar-refractivity contribution in [3.8, 4) is 5.75 Å². The lowest BCUT2D eigenvalue weighted by molar-refractivity contribution is 0.200. The number of aromatic amines is 1. The molecule has 1 aliphatic heterocycles. The van der Waals surface area contributed by atoms with Crippen molar-refractivity contribution in [3.63, 3.8) is 0 Å². The highest BCUT2D eigenvalue weighted by Gasteiger charge is 2.17. The van der Waals surface area contributed by atoms with Crippen LogP contribution in [0.1, 0.15) is 0 Å². The van der Waals surface area contributed by atoms with Gasteiger partial charge in [0, 0.05) is 38.8 Å². The van der Waals surface area contributed by atoms with Crippen LogP contribution in [0, 0.1) is 0 Å². The predicted molar refractivity (Wildman–Crippen MR) is 85.4 cm³/mol. The van der Waals surface area contributed by atoms with E-state index in [0.29, 0.717) is 6.61 Å². The molecule has 1 N–H and O–H groups in total. The second-order valence-corrected chi connectivity index (χ2v) is 5.27. The van der Waals surface area contributed by atoms with Gasteiger partial charge in [-0.3, -0.25) is 9.69 Å². The third kappa shape index (κ3) is 3.85.